The molecule has 7 heteroatoms. The zero-order chi connectivity index (χ0) is 17.1. The van der Waals surface area contributed by atoms with E-state index in [1.54, 1.807) is 4.90 Å². The quantitative estimate of drug-likeness (QED) is 0.896. The summed E-state index contributed by atoms with van der Waals surface area (Å²) in [6, 6.07) is 2.65. The molecule has 24 heavy (non-hydrogen) atoms. The molecule has 1 atom stereocenters. The Morgan fingerprint density at radius 1 is 1.33 bits per heavy atom. The number of oxime groups is 1. The van der Waals surface area contributed by atoms with Crippen molar-refractivity contribution in [1.29, 1.82) is 0 Å². The van der Waals surface area contributed by atoms with Gasteiger partial charge in [0.25, 0.3) is 0 Å². The summed E-state index contributed by atoms with van der Waals surface area (Å²) in [7, 11) is 0. The molecule has 1 aromatic rings. The fraction of sp³-hybridized carbons (Fsp3) is 0.471. The lowest BCUT2D eigenvalue weighted by atomic mass is 10.0. The highest BCUT2D eigenvalue weighted by Gasteiger charge is 2.25. The molecule has 0 aliphatic carbocycles. The number of benzene rings is 1. The maximum Gasteiger partial charge on any atom is 0.150 e. The highest BCUT2D eigenvalue weighted by Crippen LogP contribution is 2.28. The molecule has 3 rings (SSSR count). The molecule has 2 heterocycles. The van der Waals surface area contributed by atoms with Gasteiger partial charge in [0.05, 0.1) is 25.5 Å². The monoisotopic (exact) mass is 337 g/mol. The van der Waals surface area contributed by atoms with Crippen LogP contribution in [0.4, 0.5) is 14.5 Å². The van der Waals surface area contributed by atoms with E-state index in [-0.39, 0.29) is 11.8 Å². The summed E-state index contributed by atoms with van der Waals surface area (Å²) in [5, 5.41) is 7.04. The normalized spacial score (nSPS) is 20.5. The van der Waals surface area contributed by atoms with E-state index < -0.39 is 11.6 Å². The van der Waals surface area contributed by atoms with Crippen LogP contribution in [-0.4, -0.2) is 44.7 Å². The Morgan fingerprint density at radius 3 is 2.62 bits per heavy atom. The summed E-state index contributed by atoms with van der Waals surface area (Å²) >= 11 is 0. The van der Waals surface area contributed by atoms with E-state index in [4.69, 9.17) is 9.57 Å². The molecule has 0 aromatic heterocycles. The summed E-state index contributed by atoms with van der Waals surface area (Å²) in [5.41, 5.74) is 1.80. The summed E-state index contributed by atoms with van der Waals surface area (Å²) in [6.45, 7) is 8.06. The zero-order valence-electron chi connectivity index (χ0n) is 13.6. The lowest BCUT2D eigenvalue weighted by molar-refractivity contribution is 0.0870. The number of rotatable bonds is 5. The van der Waals surface area contributed by atoms with Gasteiger partial charge >= 0.3 is 0 Å². The van der Waals surface area contributed by atoms with E-state index in [2.05, 4.69) is 17.1 Å². The van der Waals surface area contributed by atoms with Crippen LogP contribution < -0.4 is 10.2 Å². The van der Waals surface area contributed by atoms with Crippen molar-refractivity contribution in [2.24, 2.45) is 5.16 Å². The van der Waals surface area contributed by atoms with Crippen molar-refractivity contribution in [2.45, 2.75) is 19.4 Å². The fourth-order valence-electron chi connectivity index (χ4n) is 2.82. The van der Waals surface area contributed by atoms with Crippen molar-refractivity contribution in [1.82, 2.24) is 5.32 Å². The minimum atomic E-state index is -0.585. The Kier molecular flexibility index (Phi) is 4.99. The van der Waals surface area contributed by atoms with Crippen LogP contribution in [0.25, 0.3) is 0 Å². The van der Waals surface area contributed by atoms with Crippen LogP contribution in [0.2, 0.25) is 0 Å². The average molecular weight is 337 g/mol. The fourth-order valence-corrected chi connectivity index (χ4v) is 2.82. The molecule has 1 unspecified atom stereocenters. The molecule has 2 aliphatic heterocycles. The van der Waals surface area contributed by atoms with Gasteiger partial charge in [-0.3, -0.25) is 0 Å². The first-order chi connectivity index (χ1) is 11.5. The van der Waals surface area contributed by atoms with Gasteiger partial charge in [-0.2, -0.15) is 0 Å². The van der Waals surface area contributed by atoms with E-state index in [1.165, 1.54) is 12.1 Å². The molecule has 5 nitrogen and oxygen atoms in total. The lowest BCUT2D eigenvalue weighted by Gasteiger charge is -2.29. The van der Waals surface area contributed by atoms with Crippen LogP contribution in [0, 0.1) is 11.6 Å². The highest BCUT2D eigenvalue weighted by molar-refractivity contribution is 6.01. The molecule has 1 saturated heterocycles. The molecule has 0 radical (unpaired) electrons. The molecular formula is C17H21F2N3O2. The van der Waals surface area contributed by atoms with Gasteiger partial charge in [-0.05, 0) is 19.1 Å². The summed E-state index contributed by atoms with van der Waals surface area (Å²) < 4.78 is 34.1. The van der Waals surface area contributed by atoms with Gasteiger partial charge in [-0.1, -0.05) is 11.7 Å². The number of nitrogens with one attached hydrogen (secondary N) is 1. The first kappa shape index (κ1) is 16.7. The molecule has 0 spiro atoms. The van der Waals surface area contributed by atoms with Gasteiger partial charge in [0.1, 0.15) is 23.4 Å². The molecule has 1 aromatic carbocycles. The maximum atomic E-state index is 14.5. The number of hydrogen-bond acceptors (Lipinski definition) is 5. The van der Waals surface area contributed by atoms with Crippen LogP contribution in [0.1, 0.15) is 18.9 Å². The molecule has 130 valence electrons. The van der Waals surface area contributed by atoms with E-state index in [0.29, 0.717) is 50.5 Å². The average Bonchev–Trinajstić information content (AvgIpc) is 3.02. The Labute approximate surface area is 139 Å². The highest BCUT2D eigenvalue weighted by atomic mass is 19.1. The summed E-state index contributed by atoms with van der Waals surface area (Å²) in [6.07, 6.45) is 0.331. The van der Waals surface area contributed by atoms with Gasteiger partial charge in [-0.25, -0.2) is 8.78 Å². The van der Waals surface area contributed by atoms with Crippen molar-refractivity contribution in [3.05, 3.63) is 41.6 Å². The lowest BCUT2D eigenvalue weighted by Crippen LogP contribution is -2.37. The summed E-state index contributed by atoms with van der Waals surface area (Å²) in [4.78, 5) is 6.98. The molecule has 1 N–H and O–H groups in total. The molecule has 1 fully saturated rings. The van der Waals surface area contributed by atoms with E-state index in [0.717, 1.165) is 5.70 Å². The van der Waals surface area contributed by atoms with Crippen molar-refractivity contribution >= 4 is 11.4 Å². The standard InChI is InChI=1S/C17H21F2N3O2/c1-11(2)20-10-13-9-16(21-24-13)12-7-14(18)17(15(19)8-12)22-3-5-23-6-4-22/h7-8,13,20H,1,3-6,9-10H2,2H3. The third-order valence-corrected chi connectivity index (χ3v) is 4.04. The minimum Gasteiger partial charge on any atom is -0.390 e. The van der Waals surface area contributed by atoms with Crippen molar-refractivity contribution in [2.75, 3.05) is 37.7 Å². The Bertz CT molecular complexity index is 634. The van der Waals surface area contributed by atoms with E-state index in [1.807, 2.05) is 6.92 Å². The van der Waals surface area contributed by atoms with Gasteiger partial charge in [0, 0.05) is 30.8 Å². The van der Waals surface area contributed by atoms with Gasteiger partial charge in [-0.15, -0.1) is 0 Å². The smallest absolute Gasteiger partial charge is 0.150 e. The van der Waals surface area contributed by atoms with Crippen molar-refractivity contribution < 1.29 is 18.4 Å². The number of anilines is 1. The second kappa shape index (κ2) is 7.17. The third kappa shape index (κ3) is 3.67. The van der Waals surface area contributed by atoms with Crippen LogP contribution in [0.15, 0.2) is 29.6 Å². The largest absolute Gasteiger partial charge is 0.390 e. The molecule has 2 aliphatic rings. The predicted octanol–water partition coefficient (Wildman–Crippen LogP) is 2.42. The molecule has 0 amide bonds. The number of allylic oxidation sites excluding steroid dienone is 1. The number of morpholine rings is 1. The van der Waals surface area contributed by atoms with E-state index in [9.17, 15) is 8.78 Å². The predicted molar refractivity (Wildman–Crippen MR) is 88.2 cm³/mol. The third-order valence-electron chi connectivity index (χ3n) is 4.04. The van der Waals surface area contributed by atoms with Crippen LogP contribution >= 0.6 is 0 Å². The SMILES string of the molecule is C=C(C)NCC1CC(c2cc(F)c(N3CCOCC3)c(F)c2)=NO1. The first-order valence-electron chi connectivity index (χ1n) is 7.99. The minimum absolute atomic E-state index is 0.00191. The van der Waals surface area contributed by atoms with Gasteiger partial charge < -0.3 is 19.8 Å². The van der Waals surface area contributed by atoms with Gasteiger partial charge in [0.15, 0.2) is 0 Å². The Balaban J connectivity index is 1.72. The zero-order valence-corrected chi connectivity index (χ0v) is 13.6. The van der Waals surface area contributed by atoms with Crippen molar-refractivity contribution in [3.63, 3.8) is 0 Å². The van der Waals surface area contributed by atoms with Gasteiger partial charge in [0.2, 0.25) is 0 Å². The second-order valence-electron chi connectivity index (χ2n) is 6.02. The molecular weight excluding hydrogens is 316 g/mol. The number of nitrogens with zero attached hydrogens (tertiary/aromatic N) is 2. The van der Waals surface area contributed by atoms with Crippen LogP contribution in [0.5, 0.6) is 0 Å². The summed E-state index contributed by atoms with van der Waals surface area (Å²) in [5.74, 6) is -1.17. The topological polar surface area (TPSA) is 46.1 Å². The molecule has 0 saturated carbocycles. The Morgan fingerprint density at radius 2 is 2.00 bits per heavy atom. The number of hydrogen-bond donors (Lipinski definition) is 1. The van der Waals surface area contributed by atoms with Crippen LogP contribution in [0.3, 0.4) is 0 Å². The van der Waals surface area contributed by atoms with E-state index >= 15 is 0 Å². The number of ether oxygens (including phenoxy) is 1. The first-order valence-corrected chi connectivity index (χ1v) is 7.99. The van der Waals surface area contributed by atoms with Crippen LogP contribution in [-0.2, 0) is 9.57 Å². The Hall–Kier alpha value is -2.15. The maximum absolute atomic E-state index is 14.5. The molecule has 0 bridgehead atoms. The second-order valence-corrected chi connectivity index (χ2v) is 6.02. The van der Waals surface area contributed by atoms with Crippen molar-refractivity contribution in [3.8, 4) is 0 Å². The number of halogens is 2.